The molecule has 1 heterocycles. The summed E-state index contributed by atoms with van der Waals surface area (Å²) < 4.78 is 46.7. The van der Waals surface area contributed by atoms with Gasteiger partial charge in [0.05, 0.1) is 5.54 Å². The van der Waals surface area contributed by atoms with Crippen LogP contribution in [0.1, 0.15) is 24.0 Å². The fourth-order valence-corrected chi connectivity index (χ4v) is 4.70. The molecular weight excluding hydrogens is 429 g/mol. The Morgan fingerprint density at radius 2 is 1.76 bits per heavy atom. The Balaban J connectivity index is 1.74. The largest absolute Gasteiger partial charge is 0.415 e. The first-order valence-electron chi connectivity index (χ1n) is 10.9. The lowest BCUT2D eigenvalue weighted by atomic mass is 9.76. The topological polar surface area (TPSA) is 41.6 Å². The molecule has 1 fully saturated rings. The molecule has 1 aliphatic heterocycles. The van der Waals surface area contributed by atoms with Crippen molar-refractivity contribution in [2.24, 2.45) is 0 Å². The van der Waals surface area contributed by atoms with Gasteiger partial charge in [0, 0.05) is 25.6 Å². The Kier molecular flexibility index (Phi) is 6.70. The molecular formula is C26H25F3N2O2. The van der Waals surface area contributed by atoms with Crippen molar-refractivity contribution in [3.63, 3.8) is 0 Å². The van der Waals surface area contributed by atoms with Gasteiger partial charge in [-0.3, -0.25) is 0 Å². The number of amides is 1. The van der Waals surface area contributed by atoms with Gasteiger partial charge in [-0.25, -0.2) is 18.0 Å². The summed E-state index contributed by atoms with van der Waals surface area (Å²) in [7, 11) is 0. The molecule has 0 radical (unpaired) electrons. The number of ether oxygens (including phenoxy) is 1. The summed E-state index contributed by atoms with van der Waals surface area (Å²) in [5, 5.41) is 3.34. The van der Waals surface area contributed by atoms with E-state index in [2.05, 4.69) is 5.32 Å². The molecule has 4 rings (SSSR count). The number of nitrogens with zero attached hydrogens (tertiary/aromatic N) is 1. The lowest BCUT2D eigenvalue weighted by Crippen LogP contribution is -2.58. The average molecular weight is 454 g/mol. The number of carbonyl (C=O) groups is 1. The van der Waals surface area contributed by atoms with Crippen LogP contribution in [0.15, 0.2) is 72.8 Å². The molecule has 0 saturated carbocycles. The summed E-state index contributed by atoms with van der Waals surface area (Å²) in [6.07, 6.45) is -0.104. The van der Waals surface area contributed by atoms with Crippen molar-refractivity contribution in [3.8, 4) is 5.75 Å². The zero-order valence-electron chi connectivity index (χ0n) is 18.2. The predicted octanol–water partition coefficient (Wildman–Crippen LogP) is 5.29. The minimum Gasteiger partial charge on any atom is -0.410 e. The Labute approximate surface area is 191 Å². The normalized spacial score (nSPS) is 19.9. The summed E-state index contributed by atoms with van der Waals surface area (Å²) >= 11 is 0. The van der Waals surface area contributed by atoms with Crippen molar-refractivity contribution in [3.05, 3.63) is 101 Å². The molecule has 0 spiro atoms. The maximum absolute atomic E-state index is 14.1. The van der Waals surface area contributed by atoms with E-state index in [1.54, 1.807) is 11.0 Å². The number of benzene rings is 3. The van der Waals surface area contributed by atoms with E-state index in [0.717, 1.165) is 11.6 Å². The number of rotatable bonds is 6. The van der Waals surface area contributed by atoms with Crippen LogP contribution in [0.3, 0.4) is 0 Å². The Morgan fingerprint density at radius 1 is 1.03 bits per heavy atom. The molecule has 2 atom stereocenters. The van der Waals surface area contributed by atoms with Gasteiger partial charge >= 0.3 is 6.09 Å². The highest BCUT2D eigenvalue weighted by molar-refractivity contribution is 5.72. The van der Waals surface area contributed by atoms with Crippen LogP contribution in [-0.2, 0) is 6.42 Å². The Bertz CT molecular complexity index is 1110. The van der Waals surface area contributed by atoms with Crippen molar-refractivity contribution in [2.45, 2.75) is 24.8 Å². The van der Waals surface area contributed by atoms with Crippen LogP contribution in [0.2, 0.25) is 0 Å². The SMILES string of the molecule is CCN(C(=O)Oc1ccc(F)cc1)[C@]1(Cc2ccccc2)CNC[C@H]1c1ccc(F)c(F)c1. The van der Waals surface area contributed by atoms with Gasteiger partial charge < -0.3 is 15.0 Å². The first-order valence-corrected chi connectivity index (χ1v) is 10.9. The number of carbonyl (C=O) groups excluding carboxylic acids is 1. The van der Waals surface area contributed by atoms with E-state index in [4.69, 9.17) is 4.74 Å². The lowest BCUT2D eigenvalue weighted by Gasteiger charge is -2.44. The third-order valence-corrected chi connectivity index (χ3v) is 6.22. The van der Waals surface area contributed by atoms with E-state index in [9.17, 15) is 18.0 Å². The van der Waals surface area contributed by atoms with E-state index in [1.165, 1.54) is 30.3 Å². The molecule has 3 aromatic carbocycles. The monoisotopic (exact) mass is 454 g/mol. The highest BCUT2D eigenvalue weighted by atomic mass is 19.2. The van der Waals surface area contributed by atoms with Crippen LogP contribution in [0.4, 0.5) is 18.0 Å². The fraction of sp³-hybridized carbons (Fsp3) is 0.269. The van der Waals surface area contributed by atoms with Crippen LogP contribution in [0.5, 0.6) is 5.75 Å². The van der Waals surface area contributed by atoms with Crippen LogP contribution < -0.4 is 10.1 Å². The number of hydrogen-bond donors (Lipinski definition) is 1. The second-order valence-corrected chi connectivity index (χ2v) is 8.19. The number of hydrogen-bond acceptors (Lipinski definition) is 3. The molecule has 33 heavy (non-hydrogen) atoms. The van der Waals surface area contributed by atoms with Crippen LogP contribution in [-0.4, -0.2) is 36.2 Å². The van der Waals surface area contributed by atoms with E-state index < -0.39 is 29.1 Å². The van der Waals surface area contributed by atoms with Crippen LogP contribution in [0.25, 0.3) is 0 Å². The van der Waals surface area contributed by atoms with Gasteiger partial charge in [-0.15, -0.1) is 0 Å². The van der Waals surface area contributed by atoms with E-state index >= 15 is 0 Å². The summed E-state index contributed by atoms with van der Waals surface area (Å²) in [6.45, 7) is 3.10. The molecule has 0 aromatic heterocycles. The Hall–Kier alpha value is -3.32. The lowest BCUT2D eigenvalue weighted by molar-refractivity contribution is 0.0836. The quantitative estimate of drug-likeness (QED) is 0.550. The molecule has 1 saturated heterocycles. The third-order valence-electron chi connectivity index (χ3n) is 6.22. The molecule has 3 aromatic rings. The number of likely N-dealkylation sites (N-methyl/N-ethyl adjacent to an activating group) is 1. The van der Waals surface area contributed by atoms with E-state index in [1.807, 2.05) is 37.3 Å². The molecule has 1 N–H and O–H groups in total. The first-order chi connectivity index (χ1) is 15.9. The third kappa shape index (κ3) is 4.73. The smallest absolute Gasteiger partial charge is 0.410 e. The second-order valence-electron chi connectivity index (χ2n) is 8.19. The van der Waals surface area contributed by atoms with Gasteiger partial charge in [-0.2, -0.15) is 0 Å². The first kappa shape index (κ1) is 22.9. The predicted molar refractivity (Wildman–Crippen MR) is 120 cm³/mol. The van der Waals surface area contributed by atoms with Crippen LogP contribution >= 0.6 is 0 Å². The minimum atomic E-state index is -0.926. The zero-order chi connectivity index (χ0) is 23.4. The number of halogens is 3. The zero-order valence-corrected chi connectivity index (χ0v) is 18.2. The molecule has 0 aliphatic carbocycles. The second kappa shape index (κ2) is 9.67. The number of nitrogens with one attached hydrogen (secondary N) is 1. The maximum atomic E-state index is 14.1. The van der Waals surface area contributed by atoms with Crippen molar-refractivity contribution in [1.82, 2.24) is 10.2 Å². The summed E-state index contributed by atoms with van der Waals surface area (Å²) in [5.41, 5.74) is 0.807. The molecule has 172 valence electrons. The van der Waals surface area contributed by atoms with Crippen LogP contribution in [0, 0.1) is 17.5 Å². The highest BCUT2D eigenvalue weighted by Gasteiger charge is 2.50. The summed E-state index contributed by atoms with van der Waals surface area (Å²) in [5.74, 6) is -2.36. The van der Waals surface area contributed by atoms with Gasteiger partial charge in [0.25, 0.3) is 0 Å². The average Bonchev–Trinajstić information content (AvgIpc) is 3.22. The maximum Gasteiger partial charge on any atom is 0.415 e. The van der Waals surface area contributed by atoms with Crippen molar-refractivity contribution >= 4 is 6.09 Å². The standard InChI is InChI=1S/C26H25F3N2O2/c1-2-31(25(32)33-21-11-9-20(27)10-12-21)26(15-18-6-4-3-5-7-18)17-30-16-22(26)19-8-13-23(28)24(29)14-19/h3-14,22,30H,2,15-17H2,1H3/t22-,26+/m0/s1. The van der Waals surface area contributed by atoms with Crippen molar-refractivity contribution < 1.29 is 22.7 Å². The van der Waals surface area contributed by atoms with Gasteiger partial charge in [-0.1, -0.05) is 36.4 Å². The molecule has 1 amide bonds. The highest BCUT2D eigenvalue weighted by Crippen LogP contribution is 2.40. The minimum absolute atomic E-state index is 0.227. The van der Waals surface area contributed by atoms with Gasteiger partial charge in [0.1, 0.15) is 11.6 Å². The van der Waals surface area contributed by atoms with Gasteiger partial charge in [0.15, 0.2) is 11.6 Å². The van der Waals surface area contributed by atoms with Crippen molar-refractivity contribution in [1.29, 1.82) is 0 Å². The molecule has 0 bridgehead atoms. The fourth-order valence-electron chi connectivity index (χ4n) is 4.70. The molecule has 0 unspecified atom stereocenters. The van der Waals surface area contributed by atoms with Gasteiger partial charge in [-0.05, 0) is 60.9 Å². The Morgan fingerprint density at radius 3 is 2.42 bits per heavy atom. The molecule has 7 heteroatoms. The van der Waals surface area contributed by atoms with Crippen molar-refractivity contribution in [2.75, 3.05) is 19.6 Å². The molecule has 1 aliphatic rings. The van der Waals surface area contributed by atoms with Gasteiger partial charge in [0.2, 0.25) is 0 Å². The summed E-state index contributed by atoms with van der Waals surface area (Å²) in [6, 6.07) is 18.8. The molecule has 4 nitrogen and oxygen atoms in total. The summed E-state index contributed by atoms with van der Waals surface area (Å²) in [4.78, 5) is 15.0. The van der Waals surface area contributed by atoms with E-state index in [-0.39, 0.29) is 11.7 Å². The van der Waals surface area contributed by atoms with E-state index in [0.29, 0.717) is 31.6 Å².